The second-order valence-electron chi connectivity index (χ2n) is 5.24. The number of hydrazine groups is 1. The summed E-state index contributed by atoms with van der Waals surface area (Å²) in [5, 5.41) is 3.09. The minimum atomic E-state index is -0.120. The average Bonchev–Trinajstić information content (AvgIpc) is 2.79. The van der Waals surface area contributed by atoms with E-state index in [4.69, 9.17) is 5.84 Å². The van der Waals surface area contributed by atoms with E-state index in [1.54, 1.807) is 18.2 Å². The zero-order valence-electron chi connectivity index (χ0n) is 11.5. The third-order valence-corrected chi connectivity index (χ3v) is 4.20. The zero-order valence-corrected chi connectivity index (χ0v) is 11.5. The molecule has 5 nitrogen and oxygen atoms in total. The van der Waals surface area contributed by atoms with Gasteiger partial charge in [-0.15, -0.1) is 0 Å². The molecule has 0 aliphatic heterocycles. The van der Waals surface area contributed by atoms with Gasteiger partial charge in [-0.2, -0.15) is 0 Å². The number of amides is 1. The van der Waals surface area contributed by atoms with Gasteiger partial charge in [0, 0.05) is 6.04 Å². The van der Waals surface area contributed by atoms with Crippen molar-refractivity contribution in [2.45, 2.75) is 39.2 Å². The lowest BCUT2D eigenvalue weighted by Crippen LogP contribution is -2.38. The minimum absolute atomic E-state index is 0.120. The summed E-state index contributed by atoms with van der Waals surface area (Å²) in [6.45, 7) is 4.43. The van der Waals surface area contributed by atoms with Crippen molar-refractivity contribution in [3.8, 4) is 0 Å². The number of nitrogen functional groups attached to an aromatic ring is 1. The van der Waals surface area contributed by atoms with Crippen LogP contribution in [0.2, 0.25) is 0 Å². The molecule has 1 amide bonds. The van der Waals surface area contributed by atoms with E-state index in [9.17, 15) is 4.79 Å². The first kappa shape index (κ1) is 13.8. The fraction of sp³-hybridized carbons (Fsp3) is 0.571. The maximum atomic E-state index is 12.2. The van der Waals surface area contributed by atoms with Crippen LogP contribution in [0.4, 0.5) is 5.82 Å². The summed E-state index contributed by atoms with van der Waals surface area (Å²) in [5.41, 5.74) is 2.85. The Morgan fingerprint density at radius 1 is 1.47 bits per heavy atom. The largest absolute Gasteiger partial charge is 0.348 e. The summed E-state index contributed by atoms with van der Waals surface area (Å²) < 4.78 is 0. The Bertz CT molecular complexity index is 449. The van der Waals surface area contributed by atoms with E-state index in [1.807, 2.05) is 0 Å². The van der Waals surface area contributed by atoms with Gasteiger partial charge in [0.25, 0.3) is 5.91 Å². The molecule has 0 radical (unpaired) electrons. The quantitative estimate of drug-likeness (QED) is 0.572. The van der Waals surface area contributed by atoms with Crippen molar-refractivity contribution in [1.82, 2.24) is 10.3 Å². The summed E-state index contributed by atoms with van der Waals surface area (Å²) in [7, 11) is 0. The first-order chi connectivity index (χ1) is 9.15. The molecular weight excluding hydrogens is 240 g/mol. The number of aromatic nitrogens is 1. The van der Waals surface area contributed by atoms with Crippen LogP contribution in [0.15, 0.2) is 18.2 Å². The molecule has 0 spiro atoms. The minimum Gasteiger partial charge on any atom is -0.348 e. The molecule has 3 atom stereocenters. The molecule has 0 saturated heterocycles. The monoisotopic (exact) mass is 262 g/mol. The molecule has 4 N–H and O–H groups in total. The van der Waals surface area contributed by atoms with E-state index in [-0.39, 0.29) is 11.9 Å². The predicted octanol–water partition coefficient (Wildman–Crippen LogP) is 1.92. The van der Waals surface area contributed by atoms with Crippen LogP contribution in [0.5, 0.6) is 0 Å². The molecule has 1 fully saturated rings. The van der Waals surface area contributed by atoms with E-state index in [0.29, 0.717) is 17.4 Å². The summed E-state index contributed by atoms with van der Waals surface area (Å²) in [6, 6.07) is 5.45. The summed E-state index contributed by atoms with van der Waals surface area (Å²) in [4.78, 5) is 16.3. The highest BCUT2D eigenvalue weighted by atomic mass is 16.1. The first-order valence-electron chi connectivity index (χ1n) is 6.90. The van der Waals surface area contributed by atoms with Gasteiger partial charge >= 0.3 is 0 Å². The van der Waals surface area contributed by atoms with Crippen LogP contribution >= 0.6 is 0 Å². The van der Waals surface area contributed by atoms with Crippen molar-refractivity contribution >= 4 is 11.7 Å². The van der Waals surface area contributed by atoms with Gasteiger partial charge in [-0.05, 0) is 36.8 Å². The normalized spacial score (nSPS) is 26.2. The van der Waals surface area contributed by atoms with Crippen molar-refractivity contribution in [1.29, 1.82) is 0 Å². The number of carbonyl (C=O) groups is 1. The number of hydrogen-bond acceptors (Lipinski definition) is 4. The highest BCUT2D eigenvalue weighted by molar-refractivity contribution is 5.92. The number of anilines is 1. The van der Waals surface area contributed by atoms with Gasteiger partial charge in [0.05, 0.1) is 0 Å². The van der Waals surface area contributed by atoms with E-state index in [2.05, 4.69) is 29.6 Å². The number of nitrogens with zero attached hydrogens (tertiary/aromatic N) is 1. The van der Waals surface area contributed by atoms with E-state index >= 15 is 0 Å². The number of nitrogens with one attached hydrogen (secondary N) is 2. The molecule has 2 rings (SSSR count). The Kier molecular flexibility index (Phi) is 4.37. The van der Waals surface area contributed by atoms with Gasteiger partial charge in [-0.25, -0.2) is 10.8 Å². The molecule has 3 unspecified atom stereocenters. The molecule has 5 heteroatoms. The second-order valence-corrected chi connectivity index (χ2v) is 5.24. The van der Waals surface area contributed by atoms with Crippen molar-refractivity contribution < 1.29 is 4.79 Å². The number of nitrogens with two attached hydrogens (primary N) is 1. The smallest absolute Gasteiger partial charge is 0.270 e. The molecule has 1 heterocycles. The van der Waals surface area contributed by atoms with Gasteiger partial charge in [-0.3, -0.25) is 4.79 Å². The number of pyridine rings is 1. The third kappa shape index (κ3) is 3.04. The van der Waals surface area contributed by atoms with Gasteiger partial charge in [0.2, 0.25) is 0 Å². The number of hydrogen-bond donors (Lipinski definition) is 3. The van der Waals surface area contributed by atoms with Gasteiger partial charge in [-0.1, -0.05) is 26.3 Å². The van der Waals surface area contributed by atoms with E-state index < -0.39 is 0 Å². The predicted molar refractivity (Wildman–Crippen MR) is 75.5 cm³/mol. The van der Waals surface area contributed by atoms with Gasteiger partial charge in [0.15, 0.2) is 0 Å². The first-order valence-corrected chi connectivity index (χ1v) is 6.90. The fourth-order valence-corrected chi connectivity index (χ4v) is 2.91. The number of rotatable bonds is 4. The van der Waals surface area contributed by atoms with Crippen LogP contribution in [0.3, 0.4) is 0 Å². The van der Waals surface area contributed by atoms with Gasteiger partial charge < -0.3 is 10.7 Å². The fourth-order valence-electron chi connectivity index (χ4n) is 2.91. The van der Waals surface area contributed by atoms with Crippen LogP contribution < -0.4 is 16.6 Å². The lowest BCUT2D eigenvalue weighted by Gasteiger charge is -2.20. The molecule has 19 heavy (non-hydrogen) atoms. The van der Waals surface area contributed by atoms with E-state index in [1.165, 1.54) is 12.8 Å². The number of carbonyl (C=O) groups excluding carboxylic acids is 1. The summed E-state index contributed by atoms with van der Waals surface area (Å²) >= 11 is 0. The molecule has 0 aromatic carbocycles. The van der Waals surface area contributed by atoms with E-state index in [0.717, 1.165) is 12.3 Å². The van der Waals surface area contributed by atoms with Gasteiger partial charge in [0.1, 0.15) is 11.5 Å². The molecule has 1 aliphatic rings. The van der Waals surface area contributed by atoms with Crippen LogP contribution in [0, 0.1) is 11.8 Å². The summed E-state index contributed by atoms with van der Waals surface area (Å²) in [6.07, 6.45) is 3.43. The lowest BCUT2D eigenvalue weighted by molar-refractivity contribution is 0.0921. The topological polar surface area (TPSA) is 80.0 Å². The van der Waals surface area contributed by atoms with Crippen LogP contribution in [-0.4, -0.2) is 16.9 Å². The molecule has 1 aliphatic carbocycles. The Balaban J connectivity index is 2.01. The van der Waals surface area contributed by atoms with Crippen molar-refractivity contribution in [2.75, 3.05) is 5.43 Å². The van der Waals surface area contributed by atoms with Crippen molar-refractivity contribution in [3.05, 3.63) is 23.9 Å². The van der Waals surface area contributed by atoms with Crippen LogP contribution in [0.25, 0.3) is 0 Å². The third-order valence-electron chi connectivity index (χ3n) is 4.20. The van der Waals surface area contributed by atoms with Crippen molar-refractivity contribution in [2.24, 2.45) is 17.7 Å². The molecule has 0 bridgehead atoms. The average molecular weight is 262 g/mol. The van der Waals surface area contributed by atoms with Crippen LogP contribution in [0.1, 0.15) is 43.6 Å². The molecular formula is C14H22N4O. The highest BCUT2D eigenvalue weighted by Crippen LogP contribution is 2.33. The molecule has 1 aromatic rings. The zero-order chi connectivity index (χ0) is 13.8. The Hall–Kier alpha value is -1.62. The Morgan fingerprint density at radius 2 is 2.26 bits per heavy atom. The molecule has 1 aromatic heterocycles. The standard InChI is InChI=1S/C14H22N4O/c1-3-10-7-8-11(9(10)2)17-14(19)12-5-4-6-13(16-12)18-15/h4-6,9-11H,3,7-8,15H2,1-2H3,(H,16,18)(H,17,19). The Labute approximate surface area is 114 Å². The molecule has 104 valence electrons. The maximum Gasteiger partial charge on any atom is 0.270 e. The summed E-state index contributed by atoms with van der Waals surface area (Å²) in [5.74, 6) is 6.93. The second kappa shape index (κ2) is 6.02. The highest BCUT2D eigenvalue weighted by Gasteiger charge is 2.32. The SMILES string of the molecule is CCC1CCC(NC(=O)c2cccc(NN)n2)C1C. The molecule has 1 saturated carbocycles. The Morgan fingerprint density at radius 3 is 2.89 bits per heavy atom. The maximum absolute atomic E-state index is 12.2. The lowest BCUT2D eigenvalue weighted by atomic mass is 9.93. The van der Waals surface area contributed by atoms with Crippen LogP contribution in [-0.2, 0) is 0 Å². The van der Waals surface area contributed by atoms with Crippen molar-refractivity contribution in [3.63, 3.8) is 0 Å².